The van der Waals surface area contributed by atoms with Crippen LogP contribution in [0.1, 0.15) is 58.8 Å². The monoisotopic (exact) mass is 421 g/mol. The molecular formula is C22H36FN5O2. The Morgan fingerprint density at radius 3 is 2.87 bits per heavy atom. The van der Waals surface area contributed by atoms with E-state index in [1.54, 1.807) is 12.3 Å². The van der Waals surface area contributed by atoms with Crippen LogP contribution >= 0.6 is 0 Å². The third-order valence-corrected chi connectivity index (χ3v) is 5.03. The first kappa shape index (κ1) is 23.9. The highest BCUT2D eigenvalue weighted by atomic mass is 19.1. The fraction of sp³-hybridized carbons (Fsp3) is 0.682. The second-order valence-electron chi connectivity index (χ2n) is 7.47. The zero-order valence-electron chi connectivity index (χ0n) is 18.3. The Bertz CT molecular complexity index is 671. The molecule has 7 nitrogen and oxygen atoms in total. The first-order chi connectivity index (χ1) is 14.6. The van der Waals surface area contributed by atoms with Gasteiger partial charge in [-0.3, -0.25) is 9.79 Å². The van der Waals surface area contributed by atoms with Gasteiger partial charge in [0.25, 0.3) is 0 Å². The first-order valence-electron chi connectivity index (χ1n) is 11.2. The van der Waals surface area contributed by atoms with Crippen LogP contribution in [0.2, 0.25) is 0 Å². The smallest absolute Gasteiger partial charge is 0.305 e. The summed E-state index contributed by atoms with van der Waals surface area (Å²) in [6.07, 6.45) is 8.22. The van der Waals surface area contributed by atoms with Gasteiger partial charge in [0.2, 0.25) is 0 Å². The molecule has 2 N–H and O–H groups in total. The van der Waals surface area contributed by atoms with Gasteiger partial charge in [0, 0.05) is 44.8 Å². The van der Waals surface area contributed by atoms with Crippen molar-refractivity contribution in [1.82, 2.24) is 15.6 Å². The molecule has 0 spiro atoms. The number of nitrogens with zero attached hydrogens (tertiary/aromatic N) is 3. The van der Waals surface area contributed by atoms with E-state index in [1.807, 2.05) is 18.7 Å². The Kier molecular flexibility index (Phi) is 11.0. The molecule has 0 amide bonds. The van der Waals surface area contributed by atoms with Gasteiger partial charge in [-0.25, -0.2) is 9.37 Å². The number of nitrogens with one attached hydrogen (secondary N) is 2. The van der Waals surface area contributed by atoms with E-state index in [0.29, 0.717) is 25.4 Å². The van der Waals surface area contributed by atoms with Crippen LogP contribution in [0.5, 0.6) is 0 Å². The zero-order chi connectivity index (χ0) is 21.6. The molecule has 1 aromatic heterocycles. The number of hydrogen-bond donors (Lipinski definition) is 2. The van der Waals surface area contributed by atoms with Crippen LogP contribution in [0.15, 0.2) is 23.3 Å². The number of hydrogen-bond acceptors (Lipinski definition) is 5. The van der Waals surface area contributed by atoms with Crippen molar-refractivity contribution >= 4 is 17.7 Å². The Morgan fingerprint density at radius 1 is 1.30 bits per heavy atom. The Morgan fingerprint density at radius 2 is 2.10 bits per heavy atom. The van der Waals surface area contributed by atoms with Gasteiger partial charge in [0.05, 0.1) is 6.61 Å². The summed E-state index contributed by atoms with van der Waals surface area (Å²) < 4.78 is 18.9. The van der Waals surface area contributed by atoms with Gasteiger partial charge >= 0.3 is 5.97 Å². The highest BCUT2D eigenvalue weighted by Crippen LogP contribution is 2.20. The van der Waals surface area contributed by atoms with Crippen LogP contribution in [0, 0.1) is 5.82 Å². The number of ether oxygens (including phenoxy) is 1. The lowest BCUT2D eigenvalue weighted by molar-refractivity contribution is -0.143. The van der Waals surface area contributed by atoms with Crippen molar-refractivity contribution in [3.05, 3.63) is 24.1 Å². The molecule has 1 atom stereocenters. The molecular weight excluding hydrogens is 385 g/mol. The number of unbranched alkanes of at least 4 members (excludes halogenated alkanes) is 4. The predicted molar refractivity (Wildman–Crippen MR) is 118 cm³/mol. The second kappa shape index (κ2) is 13.8. The molecule has 0 saturated carbocycles. The molecule has 0 aromatic carbocycles. The van der Waals surface area contributed by atoms with Gasteiger partial charge in [0.1, 0.15) is 0 Å². The fourth-order valence-electron chi connectivity index (χ4n) is 3.53. The van der Waals surface area contributed by atoms with Crippen LogP contribution in [0.4, 0.5) is 10.2 Å². The normalized spacial score (nSPS) is 16.6. The summed E-state index contributed by atoms with van der Waals surface area (Å²) >= 11 is 0. The third kappa shape index (κ3) is 8.55. The summed E-state index contributed by atoms with van der Waals surface area (Å²) in [5.74, 6) is 0.862. The van der Waals surface area contributed by atoms with E-state index in [2.05, 4.69) is 20.6 Å². The number of esters is 1. The molecule has 0 radical (unpaired) electrons. The number of guanidine groups is 1. The van der Waals surface area contributed by atoms with Crippen LogP contribution in [-0.4, -0.2) is 55.7 Å². The number of halogens is 1. The van der Waals surface area contributed by atoms with Gasteiger partial charge < -0.3 is 20.3 Å². The van der Waals surface area contributed by atoms with Crippen molar-refractivity contribution in [3.8, 4) is 0 Å². The lowest BCUT2D eigenvalue weighted by Crippen LogP contribution is -2.44. The maximum atomic E-state index is 14.0. The van der Waals surface area contributed by atoms with Gasteiger partial charge in [-0.15, -0.1) is 0 Å². The number of anilines is 1. The minimum Gasteiger partial charge on any atom is -0.466 e. The molecule has 1 aliphatic rings. The quantitative estimate of drug-likeness (QED) is 0.233. The van der Waals surface area contributed by atoms with Crippen molar-refractivity contribution in [1.29, 1.82) is 0 Å². The standard InChI is InChI=1S/C22H36FN5O2/c1-3-24-22(26-14-9-7-5-6-8-12-20(29)30-4-2)27-18-13-16-28(17-18)21-19(23)11-10-15-25-21/h10-11,15,18H,3-9,12-14,16-17H2,1-2H3,(H2,24,26,27). The van der Waals surface area contributed by atoms with Crippen molar-refractivity contribution in [3.63, 3.8) is 0 Å². The highest BCUT2D eigenvalue weighted by Gasteiger charge is 2.25. The van der Waals surface area contributed by atoms with Gasteiger partial charge in [-0.05, 0) is 45.2 Å². The van der Waals surface area contributed by atoms with Crippen LogP contribution in [0.25, 0.3) is 0 Å². The lowest BCUT2D eigenvalue weighted by atomic mass is 10.1. The largest absolute Gasteiger partial charge is 0.466 e. The molecule has 0 bridgehead atoms. The number of rotatable bonds is 12. The Hall–Kier alpha value is -2.38. The van der Waals surface area contributed by atoms with E-state index >= 15 is 0 Å². The number of pyridine rings is 1. The summed E-state index contributed by atoms with van der Waals surface area (Å²) in [7, 11) is 0. The van der Waals surface area contributed by atoms with E-state index in [4.69, 9.17) is 4.74 Å². The number of aromatic nitrogens is 1. The minimum atomic E-state index is -0.277. The van der Waals surface area contributed by atoms with E-state index in [-0.39, 0.29) is 17.8 Å². The molecule has 168 valence electrons. The van der Waals surface area contributed by atoms with E-state index < -0.39 is 0 Å². The summed E-state index contributed by atoms with van der Waals surface area (Å²) in [6, 6.07) is 3.28. The molecule has 1 fully saturated rings. The predicted octanol–water partition coefficient (Wildman–Crippen LogP) is 3.26. The van der Waals surface area contributed by atoms with E-state index in [0.717, 1.165) is 64.1 Å². The Balaban J connectivity index is 1.66. The summed E-state index contributed by atoms with van der Waals surface area (Å²) in [5.41, 5.74) is 0. The SMILES string of the molecule is CCNC(=NCCCCCCCC(=O)OCC)NC1CCN(c2ncccc2F)C1. The van der Waals surface area contributed by atoms with Crippen molar-refractivity contribution in [2.75, 3.05) is 37.7 Å². The second-order valence-corrected chi connectivity index (χ2v) is 7.47. The zero-order valence-corrected chi connectivity index (χ0v) is 18.3. The van der Waals surface area contributed by atoms with Gasteiger partial charge in [-0.1, -0.05) is 19.3 Å². The summed E-state index contributed by atoms with van der Waals surface area (Å²) in [4.78, 5) is 22.1. The molecule has 0 aliphatic carbocycles. The van der Waals surface area contributed by atoms with Gasteiger partial charge in [0.15, 0.2) is 17.6 Å². The molecule has 30 heavy (non-hydrogen) atoms. The molecule has 8 heteroatoms. The van der Waals surface area contributed by atoms with Gasteiger partial charge in [-0.2, -0.15) is 0 Å². The molecule has 1 aliphatic heterocycles. The van der Waals surface area contributed by atoms with Crippen LogP contribution < -0.4 is 15.5 Å². The number of aliphatic imine (C=N–C) groups is 1. The minimum absolute atomic E-state index is 0.0975. The number of carbonyl (C=O) groups excluding carboxylic acids is 1. The maximum Gasteiger partial charge on any atom is 0.305 e. The van der Waals surface area contributed by atoms with Crippen molar-refractivity contribution < 1.29 is 13.9 Å². The van der Waals surface area contributed by atoms with Crippen molar-refractivity contribution in [2.45, 2.75) is 64.8 Å². The average Bonchev–Trinajstić information content (AvgIpc) is 3.19. The van der Waals surface area contributed by atoms with E-state index in [1.165, 1.54) is 6.07 Å². The van der Waals surface area contributed by atoms with Crippen LogP contribution in [0.3, 0.4) is 0 Å². The number of carbonyl (C=O) groups is 1. The molecule has 1 aromatic rings. The third-order valence-electron chi connectivity index (χ3n) is 5.03. The maximum absolute atomic E-state index is 14.0. The first-order valence-corrected chi connectivity index (χ1v) is 11.2. The fourth-order valence-corrected chi connectivity index (χ4v) is 3.53. The Labute approximate surface area is 179 Å². The molecule has 1 saturated heterocycles. The molecule has 2 rings (SSSR count). The molecule has 1 unspecified atom stereocenters. The topological polar surface area (TPSA) is 78.8 Å². The van der Waals surface area contributed by atoms with Crippen LogP contribution in [-0.2, 0) is 9.53 Å². The lowest BCUT2D eigenvalue weighted by Gasteiger charge is -2.19. The average molecular weight is 422 g/mol. The summed E-state index contributed by atoms with van der Waals surface area (Å²) in [5, 5.41) is 6.76. The molecule has 2 heterocycles. The highest BCUT2D eigenvalue weighted by molar-refractivity contribution is 5.80. The summed E-state index contributed by atoms with van der Waals surface area (Å²) in [6.45, 7) is 7.37. The van der Waals surface area contributed by atoms with E-state index in [9.17, 15) is 9.18 Å². The van der Waals surface area contributed by atoms with Crippen molar-refractivity contribution in [2.24, 2.45) is 4.99 Å².